The minimum atomic E-state index is -1.04. The predicted molar refractivity (Wildman–Crippen MR) is 131 cm³/mol. The Labute approximate surface area is 212 Å². The summed E-state index contributed by atoms with van der Waals surface area (Å²) in [5, 5.41) is 0. The molecule has 2 N–H and O–H groups in total. The topological polar surface area (TPSA) is 140 Å². The van der Waals surface area contributed by atoms with Crippen molar-refractivity contribution < 1.29 is 42.9 Å². The van der Waals surface area contributed by atoms with Crippen LogP contribution in [-0.2, 0) is 35.0 Å². The molecular formula is C26H39NO9. The quantitative estimate of drug-likeness (QED) is 0.307. The lowest BCUT2D eigenvalue weighted by molar-refractivity contribution is -0.152. The van der Waals surface area contributed by atoms with Crippen molar-refractivity contribution >= 4 is 24.1 Å². The van der Waals surface area contributed by atoms with Gasteiger partial charge in [-0.15, -0.1) is 0 Å². The third-order valence-corrected chi connectivity index (χ3v) is 5.30. The van der Waals surface area contributed by atoms with E-state index in [4.69, 9.17) is 29.4 Å². The van der Waals surface area contributed by atoms with E-state index in [0.717, 1.165) is 0 Å². The van der Waals surface area contributed by atoms with Crippen molar-refractivity contribution in [3.63, 3.8) is 0 Å². The van der Waals surface area contributed by atoms with E-state index in [-0.39, 0.29) is 42.5 Å². The first-order chi connectivity index (χ1) is 16.9. The molecule has 1 aromatic carbocycles. The molecule has 202 valence electrons. The van der Waals surface area contributed by atoms with E-state index in [1.807, 2.05) is 13.8 Å². The van der Waals surface area contributed by atoms with Crippen LogP contribution in [0, 0.1) is 11.8 Å². The summed E-state index contributed by atoms with van der Waals surface area (Å²) in [6, 6.07) is 3.60. The fraction of sp³-hybridized carbons (Fsp3) is 0.615. The number of esters is 3. The summed E-state index contributed by atoms with van der Waals surface area (Å²) in [5.41, 5.74) is 6.59. The smallest absolute Gasteiger partial charge is 0.458 e. The molecule has 36 heavy (non-hydrogen) atoms. The van der Waals surface area contributed by atoms with E-state index >= 15 is 0 Å². The Morgan fingerprint density at radius 1 is 0.806 bits per heavy atom. The fourth-order valence-electron chi connectivity index (χ4n) is 2.66. The molecule has 0 radical (unpaired) electrons. The van der Waals surface area contributed by atoms with Crippen molar-refractivity contribution in [2.24, 2.45) is 17.6 Å². The SMILES string of the molecule is CCC(C)C(=O)Oc1ccc(C[C@H](N)C(=O)O[C@@H](C)COC(=O)OC(C)C)cc1OC(=O)C(C)CC. The van der Waals surface area contributed by atoms with Gasteiger partial charge in [0.15, 0.2) is 11.5 Å². The molecular weight excluding hydrogens is 470 g/mol. The highest BCUT2D eigenvalue weighted by Crippen LogP contribution is 2.31. The molecule has 0 aliphatic rings. The highest BCUT2D eigenvalue weighted by Gasteiger charge is 2.23. The van der Waals surface area contributed by atoms with Crippen LogP contribution < -0.4 is 15.2 Å². The third kappa shape index (κ3) is 10.6. The van der Waals surface area contributed by atoms with Crippen LogP contribution in [0.5, 0.6) is 11.5 Å². The average molecular weight is 510 g/mol. The summed E-state index contributed by atoms with van der Waals surface area (Å²) in [6.45, 7) is 11.9. The summed E-state index contributed by atoms with van der Waals surface area (Å²) >= 11 is 0. The van der Waals surface area contributed by atoms with Gasteiger partial charge in [0.05, 0.1) is 17.9 Å². The number of benzene rings is 1. The first-order valence-electron chi connectivity index (χ1n) is 12.2. The van der Waals surface area contributed by atoms with Crippen molar-refractivity contribution in [2.45, 2.75) is 86.0 Å². The average Bonchev–Trinajstić information content (AvgIpc) is 2.82. The maximum atomic E-state index is 12.4. The summed E-state index contributed by atoms with van der Waals surface area (Å²) < 4.78 is 26.0. The summed E-state index contributed by atoms with van der Waals surface area (Å²) in [6.07, 6.45) is -0.687. The molecule has 0 aromatic heterocycles. The highest BCUT2D eigenvalue weighted by molar-refractivity contribution is 5.79. The van der Waals surface area contributed by atoms with Gasteiger partial charge in [0.1, 0.15) is 18.8 Å². The van der Waals surface area contributed by atoms with Gasteiger partial charge < -0.3 is 29.4 Å². The van der Waals surface area contributed by atoms with E-state index in [2.05, 4.69) is 0 Å². The summed E-state index contributed by atoms with van der Waals surface area (Å²) in [7, 11) is 0. The molecule has 0 heterocycles. The zero-order valence-corrected chi connectivity index (χ0v) is 22.2. The molecule has 0 fully saturated rings. The largest absolute Gasteiger partial charge is 0.508 e. The van der Waals surface area contributed by atoms with Gasteiger partial charge in [0.25, 0.3) is 0 Å². The number of carbonyl (C=O) groups is 4. The Balaban J connectivity index is 2.89. The molecule has 0 amide bonds. The van der Waals surface area contributed by atoms with Gasteiger partial charge in [-0.05, 0) is 57.7 Å². The van der Waals surface area contributed by atoms with E-state index < -0.39 is 36.2 Å². The molecule has 1 rings (SSSR count). The second-order valence-corrected chi connectivity index (χ2v) is 9.03. The number of carbonyl (C=O) groups excluding carboxylic acids is 4. The third-order valence-electron chi connectivity index (χ3n) is 5.30. The maximum Gasteiger partial charge on any atom is 0.508 e. The number of hydrogen-bond donors (Lipinski definition) is 1. The first kappa shape index (κ1) is 30.9. The minimum Gasteiger partial charge on any atom is -0.458 e. The molecule has 1 aromatic rings. The van der Waals surface area contributed by atoms with Crippen molar-refractivity contribution in [2.75, 3.05) is 6.61 Å². The Kier molecular flexibility index (Phi) is 12.9. The van der Waals surface area contributed by atoms with Gasteiger partial charge in [-0.25, -0.2) is 4.79 Å². The van der Waals surface area contributed by atoms with Crippen LogP contribution in [0.2, 0.25) is 0 Å². The summed E-state index contributed by atoms with van der Waals surface area (Å²) in [4.78, 5) is 48.6. The van der Waals surface area contributed by atoms with Gasteiger partial charge in [-0.3, -0.25) is 14.4 Å². The van der Waals surface area contributed by atoms with Crippen molar-refractivity contribution in [1.82, 2.24) is 0 Å². The second-order valence-electron chi connectivity index (χ2n) is 9.03. The molecule has 0 saturated carbocycles. The maximum absolute atomic E-state index is 12.4. The molecule has 0 aliphatic carbocycles. The van der Waals surface area contributed by atoms with Crippen molar-refractivity contribution in [1.29, 1.82) is 0 Å². The van der Waals surface area contributed by atoms with E-state index in [0.29, 0.717) is 18.4 Å². The Hall–Kier alpha value is -3.14. The Morgan fingerprint density at radius 2 is 1.36 bits per heavy atom. The molecule has 0 spiro atoms. The number of nitrogens with two attached hydrogens (primary N) is 1. The van der Waals surface area contributed by atoms with Crippen molar-refractivity contribution in [3.8, 4) is 11.5 Å². The number of rotatable bonds is 13. The van der Waals surface area contributed by atoms with Crippen LogP contribution in [0.4, 0.5) is 4.79 Å². The van der Waals surface area contributed by atoms with Gasteiger partial charge in [0, 0.05) is 0 Å². The van der Waals surface area contributed by atoms with E-state index in [1.54, 1.807) is 40.7 Å². The Bertz CT molecular complexity index is 899. The molecule has 0 bridgehead atoms. The molecule has 0 aliphatic heterocycles. The van der Waals surface area contributed by atoms with Gasteiger partial charge in [-0.1, -0.05) is 33.8 Å². The normalized spacial score (nSPS) is 14.2. The lowest BCUT2D eigenvalue weighted by Crippen LogP contribution is -2.37. The standard InChI is InChI=1S/C26H39NO9/c1-8-16(5)23(28)35-21-11-10-19(13-22(21)36-24(29)17(6)9-2)12-20(27)25(30)34-18(7)14-32-26(31)33-15(3)4/h10-11,13,15-18,20H,8-9,12,14,27H2,1-7H3/t16?,17?,18-,20-/m0/s1. The molecule has 4 atom stereocenters. The van der Waals surface area contributed by atoms with Crippen LogP contribution in [-0.4, -0.2) is 48.9 Å². The summed E-state index contributed by atoms with van der Waals surface area (Å²) in [5.74, 6) is -2.12. The van der Waals surface area contributed by atoms with Crippen LogP contribution >= 0.6 is 0 Å². The highest BCUT2D eigenvalue weighted by atomic mass is 16.7. The number of hydrogen-bond acceptors (Lipinski definition) is 10. The van der Waals surface area contributed by atoms with Crippen LogP contribution in [0.1, 0.15) is 66.9 Å². The van der Waals surface area contributed by atoms with Crippen LogP contribution in [0.3, 0.4) is 0 Å². The van der Waals surface area contributed by atoms with Crippen LogP contribution in [0.15, 0.2) is 18.2 Å². The van der Waals surface area contributed by atoms with Gasteiger partial charge in [0.2, 0.25) is 0 Å². The minimum absolute atomic E-state index is 0.0648. The lowest BCUT2D eigenvalue weighted by atomic mass is 10.1. The zero-order valence-electron chi connectivity index (χ0n) is 22.2. The van der Waals surface area contributed by atoms with Gasteiger partial charge >= 0.3 is 24.1 Å². The Morgan fingerprint density at radius 3 is 1.89 bits per heavy atom. The first-order valence-corrected chi connectivity index (χ1v) is 12.2. The molecule has 10 nitrogen and oxygen atoms in total. The van der Waals surface area contributed by atoms with Gasteiger partial charge in [-0.2, -0.15) is 0 Å². The second kappa shape index (κ2) is 15.1. The van der Waals surface area contributed by atoms with Crippen molar-refractivity contribution in [3.05, 3.63) is 23.8 Å². The fourth-order valence-corrected chi connectivity index (χ4v) is 2.66. The molecule has 10 heteroatoms. The van der Waals surface area contributed by atoms with Crippen LogP contribution in [0.25, 0.3) is 0 Å². The zero-order chi connectivity index (χ0) is 27.4. The van der Waals surface area contributed by atoms with E-state index in [9.17, 15) is 19.2 Å². The predicted octanol–water partition coefficient (Wildman–Crippen LogP) is 3.95. The number of ether oxygens (including phenoxy) is 5. The molecule has 2 unspecified atom stereocenters. The molecule has 0 saturated heterocycles. The van der Waals surface area contributed by atoms with E-state index in [1.165, 1.54) is 12.1 Å². The lowest BCUT2D eigenvalue weighted by Gasteiger charge is -2.18. The monoisotopic (exact) mass is 509 g/mol.